The highest BCUT2D eigenvalue weighted by Gasteiger charge is 2.26. The molecule has 132 valence electrons. The van der Waals surface area contributed by atoms with E-state index < -0.39 is 12.6 Å². The maximum absolute atomic E-state index is 12.3. The second-order valence-corrected chi connectivity index (χ2v) is 6.02. The zero-order valence-corrected chi connectivity index (χ0v) is 14.5. The maximum atomic E-state index is 12.3. The third kappa shape index (κ3) is 4.51. The second kappa shape index (κ2) is 8.20. The molecule has 0 unspecified atom stereocenters. The molecular formula is C18H21N3O4. The summed E-state index contributed by atoms with van der Waals surface area (Å²) in [7, 11) is 0. The molecule has 0 saturated heterocycles. The minimum atomic E-state index is -0.754. The lowest BCUT2D eigenvalue weighted by atomic mass is 10.1. The first-order valence-corrected chi connectivity index (χ1v) is 8.04. The lowest BCUT2D eigenvalue weighted by Gasteiger charge is -2.07. The summed E-state index contributed by atoms with van der Waals surface area (Å²) in [5.41, 5.74) is 0.125. The Labute approximate surface area is 146 Å². The third-order valence-corrected chi connectivity index (χ3v) is 3.60. The molecule has 0 aliphatic heterocycles. The van der Waals surface area contributed by atoms with Gasteiger partial charge in [-0.05, 0) is 31.4 Å². The van der Waals surface area contributed by atoms with Crippen LogP contribution in [0.15, 0.2) is 28.9 Å². The number of nitriles is 1. The molecule has 7 nitrogen and oxygen atoms in total. The summed E-state index contributed by atoms with van der Waals surface area (Å²) >= 11 is 0. The van der Waals surface area contributed by atoms with E-state index in [1.807, 2.05) is 6.07 Å². The molecular weight excluding hydrogens is 322 g/mol. The van der Waals surface area contributed by atoms with Crippen LogP contribution >= 0.6 is 0 Å². The largest absolute Gasteiger partial charge is 0.452 e. The Hall–Kier alpha value is -3.01. The molecule has 1 N–H and O–H groups in total. The molecule has 0 fully saturated rings. The average molecular weight is 343 g/mol. The molecule has 1 amide bonds. The number of esters is 1. The standard InChI is InChI=1S/C18H21N3O4/c1-12(2)6-7-20-15(22)11-24-18(23)16-13(3)25-17(14(16)10-19)21-8-4-5-9-21/h4-5,8-9,12H,6-7,11H2,1-3H3,(H,20,22). The number of hydrogen-bond acceptors (Lipinski definition) is 5. The zero-order valence-electron chi connectivity index (χ0n) is 14.5. The molecule has 25 heavy (non-hydrogen) atoms. The van der Waals surface area contributed by atoms with Crippen LogP contribution in [0.4, 0.5) is 0 Å². The summed E-state index contributed by atoms with van der Waals surface area (Å²) in [4.78, 5) is 24.0. The molecule has 0 aliphatic rings. The smallest absolute Gasteiger partial charge is 0.343 e. The summed E-state index contributed by atoms with van der Waals surface area (Å²) in [5.74, 6) is -0.139. The molecule has 0 aromatic carbocycles. The Morgan fingerprint density at radius 2 is 2.04 bits per heavy atom. The number of aryl methyl sites for hydroxylation is 1. The fourth-order valence-corrected chi connectivity index (χ4v) is 2.29. The van der Waals surface area contributed by atoms with Crippen LogP contribution in [0.25, 0.3) is 5.88 Å². The number of carbonyl (C=O) groups excluding carboxylic acids is 2. The predicted octanol–water partition coefficient (Wildman–Crippen LogP) is 2.57. The number of hydrogen-bond donors (Lipinski definition) is 1. The van der Waals surface area contributed by atoms with Crippen LogP contribution in [0.2, 0.25) is 0 Å². The summed E-state index contributed by atoms with van der Waals surface area (Å²) in [6, 6.07) is 5.53. The zero-order chi connectivity index (χ0) is 18.4. The van der Waals surface area contributed by atoms with E-state index in [0.29, 0.717) is 12.5 Å². The first-order chi connectivity index (χ1) is 11.9. The molecule has 2 aromatic heterocycles. The van der Waals surface area contributed by atoms with Crippen LogP contribution in [0.1, 0.15) is 41.9 Å². The Morgan fingerprint density at radius 3 is 2.64 bits per heavy atom. The third-order valence-electron chi connectivity index (χ3n) is 3.60. The van der Waals surface area contributed by atoms with E-state index in [4.69, 9.17) is 9.15 Å². The van der Waals surface area contributed by atoms with E-state index in [9.17, 15) is 14.9 Å². The van der Waals surface area contributed by atoms with Gasteiger partial charge in [0.2, 0.25) is 5.88 Å². The maximum Gasteiger partial charge on any atom is 0.343 e. The Kier molecular flexibility index (Phi) is 6.01. The van der Waals surface area contributed by atoms with E-state index in [0.717, 1.165) is 6.42 Å². The Balaban J connectivity index is 2.05. The number of carbonyl (C=O) groups is 2. The number of ether oxygens (including phenoxy) is 1. The van der Waals surface area contributed by atoms with Crippen molar-refractivity contribution in [2.45, 2.75) is 27.2 Å². The van der Waals surface area contributed by atoms with Gasteiger partial charge in [-0.15, -0.1) is 0 Å². The Morgan fingerprint density at radius 1 is 1.36 bits per heavy atom. The minimum Gasteiger partial charge on any atom is -0.452 e. The fraction of sp³-hybridized carbons (Fsp3) is 0.389. The first kappa shape index (κ1) is 18.3. The first-order valence-electron chi connectivity index (χ1n) is 8.04. The van der Waals surface area contributed by atoms with Crippen LogP contribution in [0.5, 0.6) is 0 Å². The van der Waals surface area contributed by atoms with Crippen molar-refractivity contribution in [1.29, 1.82) is 5.26 Å². The van der Waals surface area contributed by atoms with Gasteiger partial charge >= 0.3 is 5.97 Å². The van der Waals surface area contributed by atoms with Crippen LogP contribution in [0.3, 0.4) is 0 Å². The van der Waals surface area contributed by atoms with Gasteiger partial charge < -0.3 is 14.5 Å². The predicted molar refractivity (Wildman–Crippen MR) is 90.2 cm³/mol. The van der Waals surface area contributed by atoms with Gasteiger partial charge in [-0.2, -0.15) is 5.26 Å². The van der Waals surface area contributed by atoms with Crippen molar-refractivity contribution in [2.24, 2.45) is 5.92 Å². The monoisotopic (exact) mass is 343 g/mol. The fourth-order valence-electron chi connectivity index (χ4n) is 2.29. The van der Waals surface area contributed by atoms with Gasteiger partial charge in [0.1, 0.15) is 23.0 Å². The molecule has 0 radical (unpaired) electrons. The van der Waals surface area contributed by atoms with Crippen molar-refractivity contribution >= 4 is 11.9 Å². The second-order valence-electron chi connectivity index (χ2n) is 6.02. The SMILES string of the molecule is Cc1oc(-n2cccc2)c(C#N)c1C(=O)OCC(=O)NCCC(C)C. The van der Waals surface area contributed by atoms with Crippen LogP contribution in [-0.4, -0.2) is 29.6 Å². The summed E-state index contributed by atoms with van der Waals surface area (Å²) in [5, 5.41) is 12.1. The summed E-state index contributed by atoms with van der Waals surface area (Å²) in [6.07, 6.45) is 4.26. The lowest BCUT2D eigenvalue weighted by molar-refractivity contribution is -0.124. The number of furan rings is 1. The van der Waals surface area contributed by atoms with Gasteiger partial charge in [0.15, 0.2) is 6.61 Å². The van der Waals surface area contributed by atoms with Crippen molar-refractivity contribution in [2.75, 3.05) is 13.2 Å². The van der Waals surface area contributed by atoms with Crippen molar-refractivity contribution in [3.05, 3.63) is 41.4 Å². The number of nitrogens with one attached hydrogen (secondary N) is 1. The van der Waals surface area contributed by atoms with E-state index in [-0.39, 0.29) is 28.7 Å². The molecule has 2 aromatic rings. The molecule has 0 aliphatic carbocycles. The van der Waals surface area contributed by atoms with Gasteiger partial charge in [-0.1, -0.05) is 13.8 Å². The lowest BCUT2D eigenvalue weighted by Crippen LogP contribution is -2.30. The number of amides is 1. The van der Waals surface area contributed by atoms with Gasteiger partial charge in [0.25, 0.3) is 5.91 Å². The molecule has 0 atom stereocenters. The highest BCUT2D eigenvalue weighted by molar-refractivity contribution is 5.95. The van der Waals surface area contributed by atoms with E-state index >= 15 is 0 Å². The topological polar surface area (TPSA) is 97.3 Å². The van der Waals surface area contributed by atoms with E-state index in [1.54, 1.807) is 36.0 Å². The normalized spacial score (nSPS) is 10.5. The van der Waals surface area contributed by atoms with Gasteiger partial charge in [-0.25, -0.2) is 4.79 Å². The average Bonchev–Trinajstić information content (AvgIpc) is 3.19. The molecule has 2 heterocycles. The number of nitrogens with zero attached hydrogens (tertiary/aromatic N) is 2. The molecule has 0 saturated carbocycles. The van der Waals surface area contributed by atoms with Crippen LogP contribution in [0, 0.1) is 24.2 Å². The van der Waals surface area contributed by atoms with Crippen LogP contribution < -0.4 is 5.32 Å². The highest BCUT2D eigenvalue weighted by atomic mass is 16.5. The number of aromatic nitrogens is 1. The van der Waals surface area contributed by atoms with Gasteiger partial charge in [-0.3, -0.25) is 9.36 Å². The molecule has 0 spiro atoms. The van der Waals surface area contributed by atoms with Gasteiger partial charge in [0.05, 0.1) is 0 Å². The van der Waals surface area contributed by atoms with Crippen molar-refractivity contribution in [3.8, 4) is 12.0 Å². The molecule has 0 bridgehead atoms. The highest BCUT2D eigenvalue weighted by Crippen LogP contribution is 2.26. The van der Waals surface area contributed by atoms with Crippen molar-refractivity contribution in [3.63, 3.8) is 0 Å². The summed E-state index contributed by atoms with van der Waals surface area (Å²) < 4.78 is 12.2. The van der Waals surface area contributed by atoms with Gasteiger partial charge in [0, 0.05) is 18.9 Å². The van der Waals surface area contributed by atoms with Crippen molar-refractivity contribution in [1.82, 2.24) is 9.88 Å². The Bertz CT molecular complexity index is 782. The van der Waals surface area contributed by atoms with E-state index in [1.165, 1.54) is 0 Å². The molecule has 7 heteroatoms. The number of rotatable bonds is 7. The minimum absolute atomic E-state index is 0.0428. The molecule has 2 rings (SSSR count). The quantitative estimate of drug-likeness (QED) is 0.779. The van der Waals surface area contributed by atoms with Crippen molar-refractivity contribution < 1.29 is 18.7 Å². The van der Waals surface area contributed by atoms with E-state index in [2.05, 4.69) is 19.2 Å². The summed E-state index contributed by atoms with van der Waals surface area (Å²) in [6.45, 7) is 5.82. The van der Waals surface area contributed by atoms with Crippen LogP contribution in [-0.2, 0) is 9.53 Å².